The van der Waals surface area contributed by atoms with Crippen molar-refractivity contribution in [3.05, 3.63) is 52.5 Å². The molecular formula is C11H6Cl3N3. The van der Waals surface area contributed by atoms with E-state index in [4.69, 9.17) is 34.8 Å². The summed E-state index contributed by atoms with van der Waals surface area (Å²) < 4.78 is 0. The third-order valence-electron chi connectivity index (χ3n) is 1.93. The molecule has 1 aromatic heterocycles. The van der Waals surface area contributed by atoms with Crippen molar-refractivity contribution in [2.45, 2.75) is 0 Å². The number of halogens is 3. The van der Waals surface area contributed by atoms with Crippen LogP contribution in [0.15, 0.2) is 41.9 Å². The molecule has 0 unspecified atom stereocenters. The van der Waals surface area contributed by atoms with Crippen LogP contribution in [-0.2, 0) is 0 Å². The molecule has 2 aromatic rings. The van der Waals surface area contributed by atoms with E-state index in [0.717, 1.165) is 0 Å². The molecule has 0 saturated carbocycles. The first-order chi connectivity index (χ1) is 8.16. The van der Waals surface area contributed by atoms with Gasteiger partial charge in [-0.1, -0.05) is 34.8 Å². The molecule has 0 aliphatic rings. The Labute approximate surface area is 113 Å². The number of aromatic nitrogens is 2. The molecule has 0 aliphatic heterocycles. The predicted molar refractivity (Wildman–Crippen MR) is 70.5 cm³/mol. The minimum Gasteiger partial charge on any atom is -0.243 e. The van der Waals surface area contributed by atoms with Gasteiger partial charge in [0.15, 0.2) is 0 Å². The lowest BCUT2D eigenvalue weighted by atomic mass is 10.2. The minimum atomic E-state index is 0.265. The van der Waals surface area contributed by atoms with Crippen molar-refractivity contribution in [1.82, 2.24) is 9.97 Å². The van der Waals surface area contributed by atoms with Crippen LogP contribution in [0, 0.1) is 0 Å². The van der Waals surface area contributed by atoms with Crippen LogP contribution in [0.5, 0.6) is 0 Å². The zero-order valence-electron chi connectivity index (χ0n) is 8.44. The third-order valence-corrected chi connectivity index (χ3v) is 2.76. The number of benzene rings is 1. The standard InChI is InChI=1S/C11H6Cl3N3/c12-7-1-2-9(10(13)3-7)11(14)17-8-4-15-6-16-5-8/h1-6H/b17-11-. The smallest absolute Gasteiger partial charge is 0.138 e. The predicted octanol–water partition coefficient (Wildman–Crippen LogP) is 4.10. The quantitative estimate of drug-likeness (QED) is 0.780. The summed E-state index contributed by atoms with van der Waals surface area (Å²) >= 11 is 17.9. The first kappa shape index (κ1) is 12.3. The molecule has 2 rings (SSSR count). The van der Waals surface area contributed by atoms with Crippen molar-refractivity contribution in [3.8, 4) is 0 Å². The molecule has 1 aromatic carbocycles. The first-order valence-corrected chi connectivity index (χ1v) is 5.75. The molecule has 0 N–H and O–H groups in total. The molecular weight excluding hydrogens is 281 g/mol. The van der Waals surface area contributed by atoms with Gasteiger partial charge in [-0.05, 0) is 18.2 Å². The van der Waals surface area contributed by atoms with Gasteiger partial charge in [0.2, 0.25) is 0 Å². The van der Waals surface area contributed by atoms with Crippen molar-refractivity contribution < 1.29 is 0 Å². The van der Waals surface area contributed by atoms with Gasteiger partial charge in [-0.25, -0.2) is 15.0 Å². The molecule has 6 heteroatoms. The highest BCUT2D eigenvalue weighted by Crippen LogP contribution is 2.24. The van der Waals surface area contributed by atoms with E-state index in [9.17, 15) is 0 Å². The van der Waals surface area contributed by atoms with Gasteiger partial charge >= 0.3 is 0 Å². The van der Waals surface area contributed by atoms with E-state index in [1.165, 1.54) is 6.33 Å². The van der Waals surface area contributed by atoms with E-state index in [1.807, 2.05) is 0 Å². The van der Waals surface area contributed by atoms with E-state index in [0.29, 0.717) is 21.3 Å². The molecule has 0 spiro atoms. The van der Waals surface area contributed by atoms with Gasteiger partial charge in [-0.3, -0.25) is 0 Å². The molecule has 0 bridgehead atoms. The molecule has 1 heterocycles. The monoisotopic (exact) mass is 285 g/mol. The molecule has 0 fully saturated rings. The van der Waals surface area contributed by atoms with E-state index in [-0.39, 0.29) is 5.17 Å². The molecule has 0 saturated heterocycles. The molecule has 0 radical (unpaired) electrons. The summed E-state index contributed by atoms with van der Waals surface area (Å²) in [4.78, 5) is 11.8. The molecule has 0 aliphatic carbocycles. The maximum atomic E-state index is 6.07. The van der Waals surface area contributed by atoms with Gasteiger partial charge in [0.05, 0.1) is 17.4 Å². The Hall–Kier alpha value is -1.16. The lowest BCUT2D eigenvalue weighted by molar-refractivity contribution is 1.16. The SMILES string of the molecule is Cl/C(=N\c1cncnc1)c1ccc(Cl)cc1Cl. The van der Waals surface area contributed by atoms with Gasteiger partial charge < -0.3 is 0 Å². The van der Waals surface area contributed by atoms with Crippen LogP contribution in [0.1, 0.15) is 5.56 Å². The highest BCUT2D eigenvalue weighted by Gasteiger charge is 2.06. The zero-order valence-corrected chi connectivity index (χ0v) is 10.7. The van der Waals surface area contributed by atoms with Crippen LogP contribution in [-0.4, -0.2) is 15.1 Å². The summed E-state index contributed by atoms with van der Waals surface area (Å²) in [6, 6.07) is 5.01. The van der Waals surface area contributed by atoms with Crippen molar-refractivity contribution in [1.29, 1.82) is 0 Å². The summed E-state index contributed by atoms with van der Waals surface area (Å²) in [6.07, 6.45) is 4.53. The van der Waals surface area contributed by atoms with Crippen LogP contribution in [0.25, 0.3) is 0 Å². The Balaban J connectivity index is 2.37. The molecule has 17 heavy (non-hydrogen) atoms. The number of aliphatic imine (C=N–C) groups is 1. The average molecular weight is 287 g/mol. The Kier molecular flexibility index (Phi) is 3.94. The second-order valence-corrected chi connectivity index (χ2v) is 4.33. The fraction of sp³-hybridized carbons (Fsp3) is 0. The maximum absolute atomic E-state index is 6.07. The van der Waals surface area contributed by atoms with Crippen LogP contribution in [0.2, 0.25) is 10.0 Å². The summed E-state index contributed by atoms with van der Waals surface area (Å²) in [7, 11) is 0. The topological polar surface area (TPSA) is 38.1 Å². The largest absolute Gasteiger partial charge is 0.243 e. The number of nitrogens with zero attached hydrogens (tertiary/aromatic N) is 3. The van der Waals surface area contributed by atoms with Crippen LogP contribution >= 0.6 is 34.8 Å². The van der Waals surface area contributed by atoms with Gasteiger partial charge in [0.25, 0.3) is 0 Å². The summed E-state index contributed by atoms with van der Waals surface area (Å²) in [5, 5.41) is 1.26. The Bertz CT molecular complexity index is 555. The lowest BCUT2D eigenvalue weighted by Crippen LogP contribution is -1.92. The Morgan fingerprint density at radius 2 is 1.82 bits per heavy atom. The van der Waals surface area contributed by atoms with Crippen molar-refractivity contribution >= 4 is 45.7 Å². The van der Waals surface area contributed by atoms with E-state index in [2.05, 4.69) is 15.0 Å². The van der Waals surface area contributed by atoms with Crippen molar-refractivity contribution in [2.75, 3.05) is 0 Å². The van der Waals surface area contributed by atoms with Gasteiger partial charge in [0, 0.05) is 10.6 Å². The minimum absolute atomic E-state index is 0.265. The normalized spacial score (nSPS) is 11.6. The van der Waals surface area contributed by atoms with E-state index >= 15 is 0 Å². The maximum Gasteiger partial charge on any atom is 0.138 e. The van der Waals surface area contributed by atoms with Gasteiger partial charge in [-0.2, -0.15) is 0 Å². The Morgan fingerprint density at radius 1 is 1.12 bits per heavy atom. The van der Waals surface area contributed by atoms with Crippen LogP contribution in [0.3, 0.4) is 0 Å². The second-order valence-electron chi connectivity index (χ2n) is 3.12. The fourth-order valence-electron chi connectivity index (χ4n) is 1.18. The molecule has 0 atom stereocenters. The zero-order chi connectivity index (χ0) is 12.3. The van der Waals surface area contributed by atoms with Crippen LogP contribution < -0.4 is 0 Å². The first-order valence-electron chi connectivity index (χ1n) is 4.61. The van der Waals surface area contributed by atoms with Crippen molar-refractivity contribution in [3.63, 3.8) is 0 Å². The fourth-order valence-corrected chi connectivity index (χ4v) is 1.99. The molecule has 0 amide bonds. The Morgan fingerprint density at radius 3 is 2.47 bits per heavy atom. The molecule has 3 nitrogen and oxygen atoms in total. The van der Waals surface area contributed by atoms with Gasteiger partial charge in [0.1, 0.15) is 17.2 Å². The second kappa shape index (κ2) is 5.45. The number of hydrogen-bond acceptors (Lipinski definition) is 3. The lowest BCUT2D eigenvalue weighted by Gasteiger charge is -2.02. The average Bonchev–Trinajstić information content (AvgIpc) is 2.30. The van der Waals surface area contributed by atoms with Crippen molar-refractivity contribution in [2.24, 2.45) is 4.99 Å². The van der Waals surface area contributed by atoms with Gasteiger partial charge in [-0.15, -0.1) is 0 Å². The van der Waals surface area contributed by atoms with E-state index < -0.39 is 0 Å². The third kappa shape index (κ3) is 3.16. The summed E-state index contributed by atoms with van der Waals surface area (Å²) in [5.41, 5.74) is 1.17. The number of hydrogen-bond donors (Lipinski definition) is 0. The van der Waals surface area contributed by atoms with E-state index in [1.54, 1.807) is 30.6 Å². The summed E-state index contributed by atoms with van der Waals surface area (Å²) in [6.45, 7) is 0. The molecule has 86 valence electrons. The highest BCUT2D eigenvalue weighted by molar-refractivity contribution is 6.70. The van der Waals surface area contributed by atoms with Crippen LogP contribution in [0.4, 0.5) is 5.69 Å². The summed E-state index contributed by atoms with van der Waals surface area (Å²) in [5.74, 6) is 0. The highest BCUT2D eigenvalue weighted by atomic mass is 35.5. The number of rotatable bonds is 2.